The Morgan fingerprint density at radius 2 is 0.875 bits per heavy atom. The van der Waals surface area contributed by atoms with Crippen LogP contribution in [0, 0.1) is 0 Å². The van der Waals surface area contributed by atoms with Gasteiger partial charge in [0.15, 0.2) is 20.0 Å². The Morgan fingerprint density at radius 3 is 1.00 bits per heavy atom. The van der Waals surface area contributed by atoms with Crippen LogP contribution in [0.5, 0.6) is 0 Å². The number of sulfonamides is 2. The first-order chi connectivity index (χ1) is 6.21. The van der Waals surface area contributed by atoms with Crippen LogP contribution in [0.1, 0.15) is 0 Å². The first kappa shape index (κ1) is 18.4. The molecule has 0 aromatic carbocycles. The van der Waals surface area contributed by atoms with Crippen LogP contribution in [-0.2, 0) is 20.0 Å². The fourth-order valence-electron chi connectivity index (χ4n) is 0.214. The van der Waals surface area contributed by atoms with Gasteiger partial charge in [0.05, 0.1) is 0 Å². The van der Waals surface area contributed by atoms with Gasteiger partial charge < -0.3 is 4.13 Å². The summed E-state index contributed by atoms with van der Waals surface area (Å²) in [5.41, 5.74) is -12.4. The maximum Gasteiger partial charge on any atom is 1.00 e. The minimum absolute atomic E-state index is 0. The minimum Gasteiger partial charge on any atom is -0.421 e. The largest absolute Gasteiger partial charge is 1.00 e. The maximum atomic E-state index is 11.4. The second-order valence-electron chi connectivity index (χ2n) is 1.92. The molecular weight excluding hydrogens is 286 g/mol. The fourth-order valence-corrected chi connectivity index (χ4v) is 1.92. The minimum atomic E-state index is -6.72. The zero-order valence-electron chi connectivity index (χ0n) is 7.16. The first-order valence-corrected chi connectivity index (χ1v) is 5.45. The summed E-state index contributed by atoms with van der Waals surface area (Å²) in [7, 11) is -13.4. The summed E-state index contributed by atoms with van der Waals surface area (Å²) in [6, 6.07) is 0. The Labute approximate surface area is 97.5 Å². The van der Waals surface area contributed by atoms with Crippen molar-refractivity contribution in [3.05, 3.63) is 4.13 Å². The summed E-state index contributed by atoms with van der Waals surface area (Å²) in [6.07, 6.45) is 0. The number of alkyl halides is 6. The van der Waals surface area contributed by atoms with Crippen LogP contribution in [0.3, 0.4) is 0 Å². The number of halogens is 6. The third-order valence-electron chi connectivity index (χ3n) is 0.781. The molecule has 92 valence electrons. The molecule has 0 N–H and O–H groups in total. The summed E-state index contributed by atoms with van der Waals surface area (Å²) in [5.74, 6) is 0. The molecule has 0 aliphatic rings. The Hall–Kier alpha value is 0.0374. The predicted octanol–water partition coefficient (Wildman–Crippen LogP) is -1.94. The molecule has 0 aromatic heterocycles. The van der Waals surface area contributed by atoms with Crippen LogP contribution < -0.4 is 18.9 Å². The monoisotopic (exact) mass is 286 g/mol. The topological polar surface area (TPSA) is 82.4 Å². The molecule has 0 aliphatic heterocycles. The standard InChI is InChI=1S/C2F6NO4S2.Li/c3-1(4,5)14(10,11)9-15(12,13)2(6,7)8;/q-1;+1/i;1-1. The summed E-state index contributed by atoms with van der Waals surface area (Å²) in [5, 5.41) is 0. The van der Waals surface area contributed by atoms with E-state index in [0.29, 0.717) is 0 Å². The number of rotatable bonds is 2. The molecule has 0 aromatic rings. The Kier molecular flexibility index (Phi) is 5.44. The number of hydrogen-bond donors (Lipinski definition) is 0. The molecule has 14 heteroatoms. The van der Waals surface area contributed by atoms with Gasteiger partial charge in [-0.05, 0) is 0 Å². The normalized spacial score (nSPS) is 14.4. The van der Waals surface area contributed by atoms with E-state index in [9.17, 15) is 43.2 Å². The van der Waals surface area contributed by atoms with E-state index < -0.39 is 31.1 Å². The van der Waals surface area contributed by atoms with E-state index >= 15 is 0 Å². The number of hydrogen-bond acceptors (Lipinski definition) is 4. The van der Waals surface area contributed by atoms with Crippen LogP contribution in [0.2, 0.25) is 0 Å². The van der Waals surface area contributed by atoms with E-state index in [2.05, 4.69) is 0 Å². The molecule has 0 saturated carbocycles. The Balaban J connectivity index is 0. The van der Waals surface area contributed by atoms with Gasteiger partial charge in [0.2, 0.25) is 0 Å². The molecule has 0 spiro atoms. The molecule has 0 fully saturated rings. The first-order valence-electron chi connectivity index (χ1n) is 2.57. The summed E-state index contributed by atoms with van der Waals surface area (Å²) < 4.78 is 109. The summed E-state index contributed by atoms with van der Waals surface area (Å²) in [6.45, 7) is 0. The maximum absolute atomic E-state index is 11.4. The quantitative estimate of drug-likeness (QED) is 0.437. The number of nitrogens with zero attached hydrogens (tertiary/aromatic N) is 1. The van der Waals surface area contributed by atoms with E-state index in [1.54, 1.807) is 0 Å². The molecular formula is C2F6LiNO4S2. The van der Waals surface area contributed by atoms with E-state index in [-0.39, 0.29) is 18.9 Å². The van der Waals surface area contributed by atoms with Gasteiger partial charge in [-0.2, -0.15) is 26.3 Å². The Bertz CT molecular complexity index is 390. The van der Waals surface area contributed by atoms with Crippen LogP contribution in [0.4, 0.5) is 26.3 Å². The van der Waals surface area contributed by atoms with Crippen molar-refractivity contribution < 1.29 is 62.0 Å². The van der Waals surface area contributed by atoms with Crippen molar-refractivity contribution >= 4 is 20.0 Å². The molecule has 0 radical (unpaired) electrons. The van der Waals surface area contributed by atoms with Crippen molar-refractivity contribution in [2.45, 2.75) is 11.0 Å². The second kappa shape index (κ2) is 4.73. The van der Waals surface area contributed by atoms with Gasteiger partial charge in [-0.1, -0.05) is 0 Å². The molecule has 5 nitrogen and oxygen atoms in total. The van der Waals surface area contributed by atoms with Crippen LogP contribution in [0.15, 0.2) is 0 Å². The molecule has 0 bridgehead atoms. The SMILES string of the molecule is O=S(=O)([N-]S(=O)(=O)C(F)(F)F)C(F)(F)F.[6Li+]. The molecule has 0 saturated heterocycles. The van der Waals surface area contributed by atoms with Gasteiger partial charge in [0, 0.05) is 0 Å². The van der Waals surface area contributed by atoms with Gasteiger partial charge in [0.25, 0.3) is 0 Å². The van der Waals surface area contributed by atoms with E-state index in [1.807, 2.05) is 0 Å². The zero-order chi connectivity index (χ0) is 12.7. The second-order valence-corrected chi connectivity index (χ2v) is 5.34. The van der Waals surface area contributed by atoms with Crippen molar-refractivity contribution in [2.75, 3.05) is 0 Å². The average Bonchev–Trinajstić information content (AvgIpc) is 1.77. The van der Waals surface area contributed by atoms with Crippen molar-refractivity contribution in [3.63, 3.8) is 0 Å². The van der Waals surface area contributed by atoms with Gasteiger partial charge in [-0.15, -0.1) is 0 Å². The van der Waals surface area contributed by atoms with Gasteiger partial charge in [0.1, 0.15) is 0 Å². The molecule has 16 heavy (non-hydrogen) atoms. The van der Waals surface area contributed by atoms with E-state index in [1.165, 1.54) is 0 Å². The van der Waals surface area contributed by atoms with Gasteiger partial charge in [-0.3, -0.25) is 0 Å². The van der Waals surface area contributed by atoms with Crippen LogP contribution in [0.25, 0.3) is 4.13 Å². The van der Waals surface area contributed by atoms with Crippen molar-refractivity contribution in [3.8, 4) is 0 Å². The van der Waals surface area contributed by atoms with Crippen LogP contribution >= 0.6 is 0 Å². The molecule has 0 heterocycles. The molecule has 0 aliphatic carbocycles. The van der Waals surface area contributed by atoms with Crippen molar-refractivity contribution in [2.24, 2.45) is 0 Å². The summed E-state index contributed by atoms with van der Waals surface area (Å²) in [4.78, 5) is 0. The molecule has 0 amide bonds. The zero-order valence-corrected chi connectivity index (χ0v) is 8.80. The molecule has 0 atom stereocenters. The molecule has 0 unspecified atom stereocenters. The van der Waals surface area contributed by atoms with Crippen molar-refractivity contribution in [1.82, 2.24) is 0 Å². The fraction of sp³-hybridized carbons (Fsp3) is 1.00. The van der Waals surface area contributed by atoms with E-state index in [4.69, 9.17) is 0 Å². The third kappa shape index (κ3) is 4.13. The van der Waals surface area contributed by atoms with Crippen LogP contribution in [-0.4, -0.2) is 27.9 Å². The molecule has 0 rings (SSSR count). The van der Waals surface area contributed by atoms with E-state index in [0.717, 1.165) is 4.13 Å². The Morgan fingerprint density at radius 1 is 0.688 bits per heavy atom. The predicted molar refractivity (Wildman–Crippen MR) is 33.3 cm³/mol. The third-order valence-corrected chi connectivity index (χ3v) is 3.52. The summed E-state index contributed by atoms with van der Waals surface area (Å²) >= 11 is 0. The smallest absolute Gasteiger partial charge is 0.421 e. The average molecular weight is 286 g/mol. The van der Waals surface area contributed by atoms with Gasteiger partial charge in [-0.25, -0.2) is 16.8 Å². The van der Waals surface area contributed by atoms with Gasteiger partial charge >= 0.3 is 29.9 Å². The van der Waals surface area contributed by atoms with Crippen molar-refractivity contribution in [1.29, 1.82) is 0 Å².